The number of phenolic OH excluding ortho intramolecular Hbond substituents is 1. The van der Waals surface area contributed by atoms with Crippen molar-refractivity contribution in [2.24, 2.45) is 11.7 Å². The van der Waals surface area contributed by atoms with Crippen molar-refractivity contribution in [2.45, 2.75) is 25.3 Å². The lowest BCUT2D eigenvalue weighted by atomic mass is 9.98. The lowest BCUT2D eigenvalue weighted by molar-refractivity contribution is 0.306. The summed E-state index contributed by atoms with van der Waals surface area (Å²) in [7, 11) is 2.13. The molecule has 0 radical (unpaired) electrons. The van der Waals surface area contributed by atoms with Crippen LogP contribution in [0, 0.1) is 5.92 Å². The number of anilines is 1. The molecule has 0 spiro atoms. The third-order valence-corrected chi connectivity index (χ3v) is 4.81. The Kier molecular flexibility index (Phi) is 3.85. The van der Waals surface area contributed by atoms with Crippen LogP contribution in [0.3, 0.4) is 0 Å². The van der Waals surface area contributed by atoms with Gasteiger partial charge in [-0.3, -0.25) is 4.90 Å². The zero-order valence-electron chi connectivity index (χ0n) is 12.3. The minimum atomic E-state index is 0.297. The number of hydrogen-bond acceptors (Lipinski definition) is 4. The SMILES string of the molecule is CN1CC(CN)CC1c1cc(N2CCCC2)ccc1O. The molecule has 4 heteroatoms. The van der Waals surface area contributed by atoms with Crippen LogP contribution >= 0.6 is 0 Å². The maximum atomic E-state index is 10.2. The molecule has 1 aromatic carbocycles. The zero-order valence-corrected chi connectivity index (χ0v) is 12.3. The van der Waals surface area contributed by atoms with Crippen LogP contribution in [-0.4, -0.2) is 43.2 Å². The second kappa shape index (κ2) is 5.62. The monoisotopic (exact) mass is 275 g/mol. The van der Waals surface area contributed by atoms with Crippen LogP contribution in [0.15, 0.2) is 18.2 Å². The number of nitrogens with two attached hydrogens (primary N) is 1. The van der Waals surface area contributed by atoms with Gasteiger partial charge >= 0.3 is 0 Å². The standard InChI is InChI=1S/C16H25N3O/c1-18-11-12(10-17)8-15(18)14-9-13(4-5-16(14)20)19-6-2-3-7-19/h4-5,9,12,15,20H,2-3,6-8,10-11,17H2,1H3. The minimum absolute atomic E-state index is 0.297. The van der Waals surface area contributed by atoms with Crippen molar-refractivity contribution in [3.8, 4) is 5.75 Å². The third kappa shape index (κ3) is 2.50. The van der Waals surface area contributed by atoms with Gasteiger partial charge in [-0.05, 0) is 57.0 Å². The summed E-state index contributed by atoms with van der Waals surface area (Å²) < 4.78 is 0. The van der Waals surface area contributed by atoms with E-state index in [1.807, 2.05) is 12.1 Å². The fraction of sp³-hybridized carbons (Fsp3) is 0.625. The van der Waals surface area contributed by atoms with Crippen molar-refractivity contribution in [3.63, 3.8) is 0 Å². The number of rotatable bonds is 3. The predicted molar refractivity (Wildman–Crippen MR) is 82.1 cm³/mol. The largest absolute Gasteiger partial charge is 0.508 e. The molecule has 3 rings (SSSR count). The summed E-state index contributed by atoms with van der Waals surface area (Å²) in [6, 6.07) is 6.37. The summed E-state index contributed by atoms with van der Waals surface area (Å²) in [4.78, 5) is 4.73. The van der Waals surface area contributed by atoms with Crippen molar-refractivity contribution in [1.29, 1.82) is 0 Å². The van der Waals surface area contributed by atoms with Gasteiger partial charge in [-0.25, -0.2) is 0 Å². The van der Waals surface area contributed by atoms with E-state index >= 15 is 0 Å². The molecule has 0 saturated carbocycles. The van der Waals surface area contributed by atoms with Gasteiger partial charge < -0.3 is 15.7 Å². The van der Waals surface area contributed by atoms with Crippen LogP contribution in [0.2, 0.25) is 0 Å². The first-order chi connectivity index (χ1) is 9.69. The molecule has 3 N–H and O–H groups in total. The molecule has 2 aliphatic heterocycles. The van der Waals surface area contributed by atoms with E-state index in [-0.39, 0.29) is 0 Å². The molecule has 20 heavy (non-hydrogen) atoms. The molecule has 1 aromatic rings. The molecular weight excluding hydrogens is 250 g/mol. The molecule has 2 heterocycles. The number of hydrogen-bond donors (Lipinski definition) is 2. The van der Waals surface area contributed by atoms with Crippen molar-refractivity contribution in [2.75, 3.05) is 38.1 Å². The van der Waals surface area contributed by atoms with Crippen LogP contribution < -0.4 is 10.6 Å². The molecule has 0 bridgehead atoms. The van der Waals surface area contributed by atoms with Gasteiger partial charge in [0.1, 0.15) is 5.75 Å². The molecule has 110 valence electrons. The van der Waals surface area contributed by atoms with Gasteiger partial charge in [-0.2, -0.15) is 0 Å². The van der Waals surface area contributed by atoms with Crippen LogP contribution in [0.25, 0.3) is 0 Å². The fourth-order valence-corrected chi connectivity index (χ4v) is 3.62. The maximum Gasteiger partial charge on any atom is 0.120 e. The Morgan fingerprint density at radius 3 is 2.70 bits per heavy atom. The normalized spacial score (nSPS) is 27.4. The van der Waals surface area contributed by atoms with E-state index in [9.17, 15) is 5.11 Å². The summed E-state index contributed by atoms with van der Waals surface area (Å²) in [5.41, 5.74) is 8.12. The summed E-state index contributed by atoms with van der Waals surface area (Å²) in [5.74, 6) is 0.960. The number of benzene rings is 1. The average Bonchev–Trinajstić information content (AvgIpc) is 3.09. The summed E-state index contributed by atoms with van der Waals surface area (Å²) in [6.45, 7) is 4.02. The molecule has 2 unspecified atom stereocenters. The Labute approximate surface area is 121 Å². The average molecular weight is 275 g/mol. The van der Waals surface area contributed by atoms with E-state index in [1.54, 1.807) is 0 Å². The molecule has 2 fully saturated rings. The Balaban J connectivity index is 1.86. The van der Waals surface area contributed by atoms with E-state index < -0.39 is 0 Å². The number of likely N-dealkylation sites (tertiary alicyclic amines) is 1. The van der Waals surface area contributed by atoms with Gasteiger partial charge in [-0.15, -0.1) is 0 Å². The lowest BCUT2D eigenvalue weighted by Gasteiger charge is -2.24. The topological polar surface area (TPSA) is 52.7 Å². The Bertz CT molecular complexity index is 471. The van der Waals surface area contributed by atoms with E-state index in [0.29, 0.717) is 17.7 Å². The molecule has 0 aromatic heterocycles. The first-order valence-corrected chi connectivity index (χ1v) is 7.67. The third-order valence-electron chi connectivity index (χ3n) is 4.81. The molecule has 2 saturated heterocycles. The van der Waals surface area contributed by atoms with Gasteiger partial charge in [-0.1, -0.05) is 0 Å². The molecule has 0 aliphatic carbocycles. The van der Waals surface area contributed by atoms with Gasteiger partial charge in [0.2, 0.25) is 0 Å². The summed E-state index contributed by atoms with van der Waals surface area (Å²) in [5, 5.41) is 10.2. The van der Waals surface area contributed by atoms with Crippen LogP contribution in [-0.2, 0) is 0 Å². The zero-order chi connectivity index (χ0) is 14.1. The number of aromatic hydroxyl groups is 1. The molecule has 0 amide bonds. The summed E-state index contributed by atoms with van der Waals surface area (Å²) in [6.07, 6.45) is 3.59. The molecule has 4 nitrogen and oxygen atoms in total. The van der Waals surface area contributed by atoms with Gasteiger partial charge in [0.05, 0.1) is 0 Å². The Morgan fingerprint density at radius 1 is 1.30 bits per heavy atom. The highest BCUT2D eigenvalue weighted by atomic mass is 16.3. The predicted octanol–water partition coefficient (Wildman–Crippen LogP) is 1.94. The quantitative estimate of drug-likeness (QED) is 0.885. The van der Waals surface area contributed by atoms with Crippen LogP contribution in [0.5, 0.6) is 5.75 Å². The smallest absolute Gasteiger partial charge is 0.120 e. The van der Waals surface area contributed by atoms with Crippen molar-refractivity contribution < 1.29 is 5.11 Å². The van der Waals surface area contributed by atoms with Gasteiger partial charge in [0.15, 0.2) is 0 Å². The van der Waals surface area contributed by atoms with Crippen molar-refractivity contribution in [1.82, 2.24) is 4.90 Å². The van der Waals surface area contributed by atoms with E-state index in [4.69, 9.17) is 5.73 Å². The number of phenols is 1. The second-order valence-corrected chi connectivity index (χ2v) is 6.23. The van der Waals surface area contributed by atoms with Crippen LogP contribution in [0.1, 0.15) is 30.9 Å². The first kappa shape index (κ1) is 13.7. The van der Waals surface area contributed by atoms with Crippen LogP contribution in [0.4, 0.5) is 5.69 Å². The maximum absolute atomic E-state index is 10.2. The Morgan fingerprint density at radius 2 is 2.05 bits per heavy atom. The molecule has 2 atom stereocenters. The highest BCUT2D eigenvalue weighted by molar-refractivity contribution is 5.54. The highest BCUT2D eigenvalue weighted by Gasteiger charge is 2.31. The van der Waals surface area contributed by atoms with Gasteiger partial charge in [0.25, 0.3) is 0 Å². The van der Waals surface area contributed by atoms with E-state index in [1.165, 1.54) is 18.5 Å². The lowest BCUT2D eigenvalue weighted by Crippen LogP contribution is -2.21. The van der Waals surface area contributed by atoms with E-state index in [2.05, 4.69) is 22.9 Å². The van der Waals surface area contributed by atoms with E-state index in [0.717, 1.165) is 38.2 Å². The molecule has 2 aliphatic rings. The summed E-state index contributed by atoms with van der Waals surface area (Å²) >= 11 is 0. The fourth-order valence-electron chi connectivity index (χ4n) is 3.62. The Hall–Kier alpha value is -1.26. The first-order valence-electron chi connectivity index (χ1n) is 7.67. The van der Waals surface area contributed by atoms with Crippen molar-refractivity contribution >= 4 is 5.69 Å². The minimum Gasteiger partial charge on any atom is -0.508 e. The van der Waals surface area contributed by atoms with Gasteiger partial charge in [0, 0.05) is 36.9 Å². The number of nitrogens with zero attached hydrogens (tertiary/aromatic N) is 2. The second-order valence-electron chi connectivity index (χ2n) is 6.23. The molecular formula is C16H25N3O. The van der Waals surface area contributed by atoms with Crippen molar-refractivity contribution in [3.05, 3.63) is 23.8 Å². The highest BCUT2D eigenvalue weighted by Crippen LogP contribution is 2.39.